The van der Waals surface area contributed by atoms with Crippen molar-refractivity contribution in [2.45, 2.75) is 6.54 Å². The third-order valence-corrected chi connectivity index (χ3v) is 1.68. The fourth-order valence-electron chi connectivity index (χ4n) is 1.06. The molecule has 3 N–H and O–H groups in total. The first-order chi connectivity index (χ1) is 6.84. The van der Waals surface area contributed by atoms with Gasteiger partial charge >= 0.3 is 0 Å². The molecule has 0 bridgehead atoms. The van der Waals surface area contributed by atoms with Crippen molar-refractivity contribution < 1.29 is 4.42 Å². The normalized spacial score (nSPS) is 10.0. The van der Waals surface area contributed by atoms with E-state index in [1.165, 1.54) is 6.20 Å². The number of nitrogens with zero attached hydrogens (tertiary/aromatic N) is 2. The summed E-state index contributed by atoms with van der Waals surface area (Å²) in [7, 11) is 0. The van der Waals surface area contributed by atoms with Gasteiger partial charge in [0.15, 0.2) is 0 Å². The highest BCUT2D eigenvalue weighted by molar-refractivity contribution is 5.38. The Kier molecular flexibility index (Phi) is 2.31. The van der Waals surface area contributed by atoms with Crippen molar-refractivity contribution in [1.82, 2.24) is 9.97 Å². The van der Waals surface area contributed by atoms with Gasteiger partial charge in [0.2, 0.25) is 0 Å². The Morgan fingerprint density at radius 1 is 1.43 bits per heavy atom. The van der Waals surface area contributed by atoms with E-state index in [1.54, 1.807) is 12.5 Å². The molecule has 0 aliphatic rings. The van der Waals surface area contributed by atoms with Crippen LogP contribution >= 0.6 is 0 Å². The van der Waals surface area contributed by atoms with Gasteiger partial charge in [-0.2, -0.15) is 0 Å². The minimum atomic E-state index is 0.398. The standard InChI is InChI=1S/C9H10N4O/c10-8-5-11-6-9(13-8)12-4-7-2-1-3-14-7/h1-3,5-6H,4H2,(H3,10,12,13). The third kappa shape index (κ3) is 2.01. The zero-order valence-corrected chi connectivity index (χ0v) is 7.47. The van der Waals surface area contributed by atoms with Crippen LogP contribution in [0.5, 0.6) is 0 Å². The summed E-state index contributed by atoms with van der Waals surface area (Å²) >= 11 is 0. The molecule has 2 aromatic heterocycles. The van der Waals surface area contributed by atoms with Gasteiger partial charge in [-0.25, -0.2) is 4.98 Å². The number of hydrogen-bond acceptors (Lipinski definition) is 5. The Labute approximate surface area is 81.0 Å². The van der Waals surface area contributed by atoms with Crippen LogP contribution < -0.4 is 11.1 Å². The monoisotopic (exact) mass is 190 g/mol. The number of hydrogen-bond donors (Lipinski definition) is 2. The second-order valence-corrected chi connectivity index (χ2v) is 2.76. The smallest absolute Gasteiger partial charge is 0.147 e. The Morgan fingerprint density at radius 2 is 2.36 bits per heavy atom. The Balaban J connectivity index is 1.98. The van der Waals surface area contributed by atoms with Gasteiger partial charge in [0, 0.05) is 0 Å². The first-order valence-electron chi connectivity index (χ1n) is 4.18. The zero-order chi connectivity index (χ0) is 9.80. The number of aromatic nitrogens is 2. The molecule has 2 heterocycles. The van der Waals surface area contributed by atoms with Crippen LogP contribution in [0.15, 0.2) is 35.2 Å². The second kappa shape index (κ2) is 3.78. The molecule has 72 valence electrons. The minimum absolute atomic E-state index is 0.398. The van der Waals surface area contributed by atoms with E-state index in [4.69, 9.17) is 10.2 Å². The van der Waals surface area contributed by atoms with Crippen molar-refractivity contribution >= 4 is 11.6 Å². The summed E-state index contributed by atoms with van der Waals surface area (Å²) < 4.78 is 5.14. The van der Waals surface area contributed by atoms with Crippen LogP contribution in [0, 0.1) is 0 Å². The molecular weight excluding hydrogens is 180 g/mol. The number of nitrogens with two attached hydrogens (primary N) is 1. The molecule has 5 nitrogen and oxygen atoms in total. The summed E-state index contributed by atoms with van der Waals surface area (Å²) in [6.07, 6.45) is 4.74. The maximum Gasteiger partial charge on any atom is 0.147 e. The molecule has 0 spiro atoms. The molecular formula is C9H10N4O. The van der Waals surface area contributed by atoms with Gasteiger partial charge in [-0.15, -0.1) is 0 Å². The fraction of sp³-hybridized carbons (Fsp3) is 0.111. The highest BCUT2D eigenvalue weighted by Gasteiger charge is 1.97. The third-order valence-electron chi connectivity index (χ3n) is 1.68. The van der Waals surface area contributed by atoms with Gasteiger partial charge in [-0.05, 0) is 12.1 Å². The summed E-state index contributed by atoms with van der Waals surface area (Å²) in [6.45, 7) is 0.575. The van der Waals surface area contributed by atoms with E-state index in [0.29, 0.717) is 18.2 Å². The maximum absolute atomic E-state index is 5.47. The Morgan fingerprint density at radius 3 is 3.07 bits per heavy atom. The molecule has 0 aromatic carbocycles. The molecule has 0 fully saturated rings. The van der Waals surface area contributed by atoms with E-state index in [9.17, 15) is 0 Å². The second-order valence-electron chi connectivity index (χ2n) is 2.76. The largest absolute Gasteiger partial charge is 0.467 e. The zero-order valence-electron chi connectivity index (χ0n) is 7.47. The van der Waals surface area contributed by atoms with E-state index >= 15 is 0 Å². The number of nitrogens with one attached hydrogen (secondary N) is 1. The van der Waals surface area contributed by atoms with Crippen molar-refractivity contribution in [3.05, 3.63) is 36.5 Å². The molecule has 0 saturated heterocycles. The van der Waals surface area contributed by atoms with Gasteiger partial charge in [0.1, 0.15) is 17.4 Å². The summed E-state index contributed by atoms with van der Waals surface area (Å²) in [4.78, 5) is 7.94. The van der Waals surface area contributed by atoms with Crippen LogP contribution in [0.1, 0.15) is 5.76 Å². The first-order valence-corrected chi connectivity index (χ1v) is 4.18. The molecule has 0 aliphatic heterocycles. The lowest BCUT2D eigenvalue weighted by atomic mass is 10.4. The topological polar surface area (TPSA) is 77.0 Å². The van der Waals surface area contributed by atoms with Crippen LogP contribution in [0.4, 0.5) is 11.6 Å². The van der Waals surface area contributed by atoms with E-state index in [1.807, 2.05) is 12.1 Å². The van der Waals surface area contributed by atoms with Crippen molar-refractivity contribution in [2.24, 2.45) is 0 Å². The molecule has 0 amide bonds. The predicted octanol–water partition coefficient (Wildman–Crippen LogP) is 1.26. The van der Waals surface area contributed by atoms with Crippen molar-refractivity contribution in [3.63, 3.8) is 0 Å². The summed E-state index contributed by atoms with van der Waals surface area (Å²) in [5.41, 5.74) is 5.47. The molecule has 2 aromatic rings. The molecule has 0 unspecified atom stereocenters. The van der Waals surface area contributed by atoms with E-state index in [2.05, 4.69) is 15.3 Å². The highest BCUT2D eigenvalue weighted by atomic mass is 16.3. The number of furan rings is 1. The molecule has 2 rings (SSSR count). The number of anilines is 2. The van der Waals surface area contributed by atoms with Crippen molar-refractivity contribution in [2.75, 3.05) is 11.1 Å². The van der Waals surface area contributed by atoms with Crippen LogP contribution in [0.3, 0.4) is 0 Å². The summed E-state index contributed by atoms with van der Waals surface area (Å²) in [5.74, 6) is 1.88. The summed E-state index contributed by atoms with van der Waals surface area (Å²) in [5, 5.41) is 3.04. The van der Waals surface area contributed by atoms with E-state index in [-0.39, 0.29) is 0 Å². The molecule has 0 radical (unpaired) electrons. The average molecular weight is 190 g/mol. The van der Waals surface area contributed by atoms with Crippen LogP contribution in [0.25, 0.3) is 0 Å². The van der Waals surface area contributed by atoms with Gasteiger partial charge in [0.05, 0.1) is 25.2 Å². The predicted molar refractivity (Wildman–Crippen MR) is 52.5 cm³/mol. The van der Waals surface area contributed by atoms with Crippen molar-refractivity contribution in [1.29, 1.82) is 0 Å². The fourth-order valence-corrected chi connectivity index (χ4v) is 1.06. The molecule has 5 heteroatoms. The SMILES string of the molecule is Nc1cncc(NCc2ccco2)n1. The van der Waals surface area contributed by atoms with E-state index < -0.39 is 0 Å². The van der Waals surface area contributed by atoms with Crippen LogP contribution in [-0.2, 0) is 6.54 Å². The van der Waals surface area contributed by atoms with Gasteiger partial charge in [0.25, 0.3) is 0 Å². The molecule has 0 saturated carbocycles. The quantitative estimate of drug-likeness (QED) is 0.762. The van der Waals surface area contributed by atoms with Crippen molar-refractivity contribution in [3.8, 4) is 0 Å². The van der Waals surface area contributed by atoms with Gasteiger partial charge in [-0.1, -0.05) is 0 Å². The van der Waals surface area contributed by atoms with Crippen LogP contribution in [0.2, 0.25) is 0 Å². The first kappa shape index (κ1) is 8.55. The lowest BCUT2D eigenvalue weighted by Crippen LogP contribution is -2.02. The number of nitrogen functional groups attached to an aromatic ring is 1. The highest BCUT2D eigenvalue weighted by Crippen LogP contribution is 2.06. The van der Waals surface area contributed by atoms with Gasteiger partial charge < -0.3 is 15.5 Å². The lowest BCUT2D eigenvalue weighted by Gasteiger charge is -2.02. The number of rotatable bonds is 3. The Bertz CT molecular complexity index is 399. The van der Waals surface area contributed by atoms with Gasteiger partial charge in [-0.3, -0.25) is 4.98 Å². The molecule has 0 aliphatic carbocycles. The van der Waals surface area contributed by atoms with E-state index in [0.717, 1.165) is 5.76 Å². The summed E-state index contributed by atoms with van der Waals surface area (Å²) in [6, 6.07) is 3.72. The maximum atomic E-state index is 5.47. The molecule has 0 atom stereocenters. The van der Waals surface area contributed by atoms with Crippen LogP contribution in [-0.4, -0.2) is 9.97 Å². The Hall–Kier alpha value is -2.04. The molecule has 14 heavy (non-hydrogen) atoms. The average Bonchev–Trinajstić information content (AvgIpc) is 2.67. The minimum Gasteiger partial charge on any atom is -0.467 e. The lowest BCUT2D eigenvalue weighted by molar-refractivity contribution is 0.518.